The molecule has 3 saturated heterocycles. The number of likely N-dealkylation sites (tertiary alicyclic amines) is 3. The van der Waals surface area contributed by atoms with Gasteiger partial charge in [0.2, 0.25) is 47.3 Å². The van der Waals surface area contributed by atoms with Crippen LogP contribution in [-0.2, 0) is 56.0 Å². The van der Waals surface area contributed by atoms with Crippen molar-refractivity contribution >= 4 is 65.1 Å². The molecule has 26 nitrogen and oxygen atoms in total. The molecule has 3 heterocycles. The van der Waals surface area contributed by atoms with Gasteiger partial charge >= 0.3 is 5.97 Å². The molecule has 0 spiro atoms. The lowest BCUT2D eigenvalue weighted by Gasteiger charge is -2.32. The van der Waals surface area contributed by atoms with E-state index in [0.717, 1.165) is 0 Å². The number of hydrogen-bond acceptors (Lipinski definition) is 13. The summed E-state index contributed by atoms with van der Waals surface area (Å²) >= 11 is 0. The van der Waals surface area contributed by atoms with Gasteiger partial charge in [0.15, 0.2) is 11.9 Å². The van der Waals surface area contributed by atoms with E-state index in [-0.39, 0.29) is 69.6 Å². The minimum atomic E-state index is -1.62. The minimum absolute atomic E-state index is 0.0227. The highest BCUT2D eigenvalue weighted by molar-refractivity contribution is 5.98. The number of nitrogens with two attached hydrogens (primary N) is 5. The zero-order chi connectivity index (χ0) is 56.2. The molecule has 5 rings (SSSR count). The van der Waals surface area contributed by atoms with Crippen LogP contribution in [0.1, 0.15) is 82.3 Å². The Balaban J connectivity index is 1.23. The normalized spacial score (nSPS) is 19.3. The van der Waals surface area contributed by atoms with E-state index in [0.29, 0.717) is 69.2 Å². The van der Waals surface area contributed by atoms with E-state index < -0.39 is 108 Å². The van der Waals surface area contributed by atoms with Gasteiger partial charge in [0.25, 0.3) is 0 Å². The second-order valence-corrected chi connectivity index (χ2v) is 19.5. The Hall–Kier alpha value is -7.87. The first-order valence-electron chi connectivity index (χ1n) is 26.0. The number of aliphatic imine (C=N–C) groups is 2. The number of aliphatic hydroxyl groups is 1. The fourth-order valence-corrected chi connectivity index (χ4v) is 9.71. The summed E-state index contributed by atoms with van der Waals surface area (Å²) < 4.78 is 0. The van der Waals surface area contributed by atoms with Gasteiger partial charge < -0.3 is 80.2 Å². The maximum absolute atomic E-state index is 14.4. The number of carbonyl (C=O) groups is 9. The predicted molar refractivity (Wildman–Crippen MR) is 282 cm³/mol. The van der Waals surface area contributed by atoms with Crippen molar-refractivity contribution in [3.63, 3.8) is 0 Å². The number of amides is 8. The molecule has 3 fully saturated rings. The molecule has 77 heavy (non-hydrogen) atoms. The fourth-order valence-electron chi connectivity index (χ4n) is 9.71. The maximum Gasteiger partial charge on any atom is 0.326 e. The molecule has 8 amide bonds. The Bertz CT molecular complexity index is 2440. The van der Waals surface area contributed by atoms with Gasteiger partial charge in [0.05, 0.1) is 18.7 Å². The van der Waals surface area contributed by atoms with Crippen LogP contribution in [0.15, 0.2) is 70.6 Å². The lowest BCUT2D eigenvalue weighted by atomic mass is 10.0. The molecule has 0 saturated carbocycles. The molecule has 0 aromatic heterocycles. The van der Waals surface area contributed by atoms with Crippen LogP contribution in [0.3, 0.4) is 0 Å². The van der Waals surface area contributed by atoms with Gasteiger partial charge in [-0.25, -0.2) is 4.79 Å². The maximum atomic E-state index is 14.4. The van der Waals surface area contributed by atoms with E-state index in [4.69, 9.17) is 28.7 Å². The molecular weight excluding hydrogens is 999 g/mol. The summed E-state index contributed by atoms with van der Waals surface area (Å²) in [7, 11) is 0. The Morgan fingerprint density at radius 3 is 1.62 bits per heavy atom. The third-order valence-electron chi connectivity index (χ3n) is 13.7. The van der Waals surface area contributed by atoms with Crippen molar-refractivity contribution in [2.24, 2.45) is 38.7 Å². The van der Waals surface area contributed by atoms with Crippen molar-refractivity contribution in [3.8, 4) is 0 Å². The van der Waals surface area contributed by atoms with E-state index >= 15 is 0 Å². The Labute approximate surface area is 446 Å². The van der Waals surface area contributed by atoms with Crippen molar-refractivity contribution in [3.05, 3.63) is 71.8 Å². The minimum Gasteiger partial charge on any atom is -0.480 e. The molecule has 2 aromatic carbocycles. The van der Waals surface area contributed by atoms with Gasteiger partial charge in [-0.2, -0.15) is 0 Å². The van der Waals surface area contributed by atoms with Crippen LogP contribution in [0, 0.1) is 0 Å². The number of carbonyl (C=O) groups excluding carboxylic acids is 8. The van der Waals surface area contributed by atoms with Crippen LogP contribution < -0.4 is 55.3 Å². The van der Waals surface area contributed by atoms with Gasteiger partial charge in [-0.15, -0.1) is 0 Å². The summed E-state index contributed by atoms with van der Waals surface area (Å²) in [5.41, 5.74) is 29.0. The van der Waals surface area contributed by atoms with E-state index in [1.54, 1.807) is 60.7 Å². The number of aliphatic hydroxyl groups excluding tert-OH is 1. The topological polar surface area (TPSA) is 419 Å². The number of carboxylic acids is 1. The Kier molecular flexibility index (Phi) is 22.9. The number of rotatable bonds is 27. The lowest BCUT2D eigenvalue weighted by molar-refractivity contribution is -0.147. The molecule has 0 aliphatic carbocycles. The standard InChI is InChI=1S/C51H75N15O11/c1-30(67)41(48(75)65-25-11-20-38(65)45(72)62-36(28-32-15-6-3-7-16-32)42(69)61-34(49(76)77)18-9-23-58-51(55)56)63-43(70)35(27-31-13-4-2-5-14-31)60-40(68)29-59-44(71)37-19-10-24-64(37)47(74)39-21-12-26-66(39)46(73)33(52)17-8-22-57-50(53)54/h2-7,13-16,30,33-39,41,67H,8-12,17-29,52H2,1H3,(H,59,71)(H,60,68)(H,61,69)(H,62,72)(H,63,70)(H,76,77)(H4,53,54,57)(H4,55,56,58)/t30-,33+,34+,35+,36+,37-,38+,39-,41+/m1/s1. The number of guanidine groups is 2. The van der Waals surface area contributed by atoms with Gasteiger partial charge in [0, 0.05) is 45.6 Å². The molecule has 3 aliphatic heterocycles. The molecule has 0 radical (unpaired) electrons. The number of nitrogens with one attached hydrogen (secondary N) is 5. The van der Waals surface area contributed by atoms with Gasteiger partial charge in [-0.1, -0.05) is 60.7 Å². The van der Waals surface area contributed by atoms with Crippen molar-refractivity contribution < 1.29 is 53.4 Å². The lowest BCUT2D eigenvalue weighted by Crippen LogP contribution is -2.61. The summed E-state index contributed by atoms with van der Waals surface area (Å²) in [6, 6.07) is 7.94. The van der Waals surface area contributed by atoms with E-state index in [9.17, 15) is 53.4 Å². The molecule has 9 atom stereocenters. The summed E-state index contributed by atoms with van der Waals surface area (Å²) in [4.78, 5) is 135. The van der Waals surface area contributed by atoms with Crippen LogP contribution >= 0.6 is 0 Å². The van der Waals surface area contributed by atoms with Crippen LogP contribution in [0.25, 0.3) is 0 Å². The van der Waals surface area contributed by atoms with Crippen LogP contribution in [0.5, 0.6) is 0 Å². The van der Waals surface area contributed by atoms with Crippen LogP contribution in [0.4, 0.5) is 0 Å². The Morgan fingerprint density at radius 1 is 0.610 bits per heavy atom. The number of carboxylic acid groups (broad SMARTS) is 1. The number of hydrogen-bond donors (Lipinski definition) is 12. The number of benzene rings is 2. The van der Waals surface area contributed by atoms with Crippen molar-refractivity contribution in [1.82, 2.24) is 41.3 Å². The van der Waals surface area contributed by atoms with E-state index in [1.807, 2.05) is 0 Å². The Morgan fingerprint density at radius 2 is 1.09 bits per heavy atom. The van der Waals surface area contributed by atoms with Crippen molar-refractivity contribution in [2.45, 2.75) is 138 Å². The van der Waals surface area contributed by atoms with E-state index in [1.165, 1.54) is 21.6 Å². The predicted octanol–water partition coefficient (Wildman–Crippen LogP) is -3.60. The molecule has 0 unspecified atom stereocenters. The third-order valence-corrected chi connectivity index (χ3v) is 13.7. The van der Waals surface area contributed by atoms with Crippen molar-refractivity contribution in [2.75, 3.05) is 39.3 Å². The van der Waals surface area contributed by atoms with Crippen molar-refractivity contribution in [1.29, 1.82) is 0 Å². The van der Waals surface area contributed by atoms with Gasteiger partial charge in [-0.05, 0) is 82.3 Å². The highest BCUT2D eigenvalue weighted by atomic mass is 16.4. The SMILES string of the molecule is C[C@@H](O)[C@H](NC(=O)[C@H](Cc1ccccc1)NC(=O)CNC(=O)[C@H]1CCCN1C(=O)[C@H]1CCCN1C(=O)[C@@H](N)CCCN=C(N)N)C(=O)N1CCC[C@H]1C(=O)N[C@@H](Cc1ccccc1)C(=O)N[C@@H](CCCN=C(N)N)C(=O)O. The summed E-state index contributed by atoms with van der Waals surface area (Å²) in [6.45, 7) is 1.71. The first-order chi connectivity index (χ1) is 36.7. The van der Waals surface area contributed by atoms with Gasteiger partial charge in [-0.3, -0.25) is 48.3 Å². The molecular formula is C51H75N15O11. The monoisotopic (exact) mass is 1070 g/mol. The van der Waals surface area contributed by atoms with E-state index in [2.05, 4.69) is 36.6 Å². The average molecular weight is 1070 g/mol. The third kappa shape index (κ3) is 17.9. The fraction of sp³-hybridized carbons (Fsp3) is 0.549. The van der Waals surface area contributed by atoms with Crippen LogP contribution in [-0.4, -0.2) is 184 Å². The molecule has 0 bridgehead atoms. The number of nitrogens with zero attached hydrogens (tertiary/aromatic N) is 5. The zero-order valence-corrected chi connectivity index (χ0v) is 43.4. The second-order valence-electron chi connectivity index (χ2n) is 19.5. The largest absolute Gasteiger partial charge is 0.480 e. The highest BCUT2D eigenvalue weighted by Crippen LogP contribution is 2.26. The molecule has 26 heteroatoms. The average Bonchev–Trinajstić information content (AvgIpc) is 4.22. The zero-order valence-electron chi connectivity index (χ0n) is 43.4. The summed E-state index contributed by atoms with van der Waals surface area (Å²) in [6.07, 6.45) is 1.59. The van der Waals surface area contributed by atoms with Crippen LogP contribution in [0.2, 0.25) is 0 Å². The number of aliphatic carboxylic acids is 1. The van der Waals surface area contributed by atoms with Gasteiger partial charge in [0.1, 0.15) is 42.3 Å². The molecule has 420 valence electrons. The summed E-state index contributed by atoms with van der Waals surface area (Å²) in [5.74, 6) is -6.95. The summed E-state index contributed by atoms with van der Waals surface area (Å²) in [5, 5.41) is 33.9. The quantitative estimate of drug-likeness (QED) is 0.0234. The smallest absolute Gasteiger partial charge is 0.326 e. The first kappa shape index (κ1) is 60.0. The highest BCUT2D eigenvalue weighted by Gasteiger charge is 2.44. The molecule has 2 aromatic rings. The second kappa shape index (κ2) is 29.4. The molecule has 17 N–H and O–H groups in total. The molecule has 3 aliphatic rings. The first-order valence-corrected chi connectivity index (χ1v) is 26.0.